The summed E-state index contributed by atoms with van der Waals surface area (Å²) in [4.78, 5) is 39.0. The molecule has 0 fully saturated rings. The van der Waals surface area contributed by atoms with Crippen LogP contribution in [0.25, 0.3) is 5.57 Å². The molecule has 1 aliphatic rings. The average Bonchev–Trinajstić information content (AvgIpc) is 2.97. The van der Waals surface area contributed by atoms with Gasteiger partial charge < -0.3 is 9.47 Å². The number of imide groups is 1. The van der Waals surface area contributed by atoms with E-state index in [0.717, 1.165) is 17.7 Å². The van der Waals surface area contributed by atoms with Crippen LogP contribution >= 0.6 is 11.6 Å². The quantitative estimate of drug-likeness (QED) is 0.350. The summed E-state index contributed by atoms with van der Waals surface area (Å²) in [5, 5.41) is -0.167. The molecule has 156 valence electrons. The summed E-state index contributed by atoms with van der Waals surface area (Å²) in [6, 6.07) is 13.0. The Kier molecular flexibility index (Phi) is 6.90. The molecule has 7 heteroatoms. The van der Waals surface area contributed by atoms with E-state index in [4.69, 9.17) is 21.1 Å². The SMILES string of the molecule is CCCCOC(=O)c1cccc(N2C(=O)C(Cl)=C(c3ccc(OCC)cc3)C2=O)c1. The number of rotatable bonds is 8. The fourth-order valence-corrected chi connectivity index (χ4v) is 3.31. The summed E-state index contributed by atoms with van der Waals surface area (Å²) in [7, 11) is 0. The fraction of sp³-hybridized carbons (Fsp3) is 0.261. The third-order valence-electron chi connectivity index (χ3n) is 4.55. The van der Waals surface area contributed by atoms with Gasteiger partial charge in [-0.25, -0.2) is 9.69 Å². The number of benzene rings is 2. The zero-order valence-corrected chi connectivity index (χ0v) is 17.6. The van der Waals surface area contributed by atoms with Crippen molar-refractivity contribution in [2.45, 2.75) is 26.7 Å². The van der Waals surface area contributed by atoms with Crippen molar-refractivity contribution in [1.29, 1.82) is 0 Å². The molecule has 0 spiro atoms. The monoisotopic (exact) mass is 427 g/mol. The molecule has 0 unspecified atom stereocenters. The zero-order chi connectivity index (χ0) is 21.7. The van der Waals surface area contributed by atoms with Crippen LogP contribution in [0.3, 0.4) is 0 Å². The van der Waals surface area contributed by atoms with Crippen molar-refractivity contribution in [3.8, 4) is 5.75 Å². The van der Waals surface area contributed by atoms with E-state index in [2.05, 4.69) is 0 Å². The second kappa shape index (κ2) is 9.59. The highest BCUT2D eigenvalue weighted by atomic mass is 35.5. The molecule has 3 rings (SSSR count). The second-order valence-electron chi connectivity index (χ2n) is 6.63. The average molecular weight is 428 g/mol. The normalized spacial score (nSPS) is 13.8. The fourth-order valence-electron chi connectivity index (χ4n) is 3.04. The number of halogens is 1. The van der Waals surface area contributed by atoms with Crippen molar-refractivity contribution in [2.24, 2.45) is 0 Å². The Hall–Kier alpha value is -3.12. The summed E-state index contributed by atoms with van der Waals surface area (Å²) >= 11 is 6.24. The Bertz CT molecular complexity index is 997. The lowest BCUT2D eigenvalue weighted by Gasteiger charge is -2.16. The van der Waals surface area contributed by atoms with Gasteiger partial charge in [0.05, 0.1) is 30.0 Å². The van der Waals surface area contributed by atoms with Crippen LogP contribution in [0.15, 0.2) is 53.6 Å². The van der Waals surface area contributed by atoms with Crippen molar-refractivity contribution >= 4 is 40.6 Å². The summed E-state index contributed by atoms with van der Waals surface area (Å²) < 4.78 is 10.6. The van der Waals surface area contributed by atoms with E-state index in [9.17, 15) is 14.4 Å². The highest BCUT2D eigenvalue weighted by Crippen LogP contribution is 2.35. The largest absolute Gasteiger partial charge is 0.494 e. The lowest BCUT2D eigenvalue weighted by Crippen LogP contribution is -2.31. The van der Waals surface area contributed by atoms with Gasteiger partial charge in [-0.15, -0.1) is 0 Å². The Morgan fingerprint density at radius 3 is 2.43 bits per heavy atom. The first-order valence-electron chi connectivity index (χ1n) is 9.76. The predicted octanol–water partition coefficient (Wildman–Crippen LogP) is 4.57. The molecule has 2 aromatic rings. The van der Waals surface area contributed by atoms with Crippen molar-refractivity contribution in [3.05, 3.63) is 64.7 Å². The van der Waals surface area contributed by atoms with Crippen LogP contribution in [0, 0.1) is 0 Å². The maximum absolute atomic E-state index is 13.0. The van der Waals surface area contributed by atoms with Gasteiger partial charge in [0.25, 0.3) is 11.8 Å². The van der Waals surface area contributed by atoms with E-state index in [1.807, 2.05) is 13.8 Å². The summed E-state index contributed by atoms with van der Waals surface area (Å²) in [5.74, 6) is -1.04. The van der Waals surface area contributed by atoms with E-state index < -0.39 is 17.8 Å². The van der Waals surface area contributed by atoms with Crippen molar-refractivity contribution < 1.29 is 23.9 Å². The molecule has 0 atom stereocenters. The predicted molar refractivity (Wildman–Crippen MR) is 115 cm³/mol. The van der Waals surface area contributed by atoms with Crippen LogP contribution in [0.1, 0.15) is 42.6 Å². The molecular formula is C23H22ClNO5. The molecule has 6 nitrogen and oxygen atoms in total. The van der Waals surface area contributed by atoms with E-state index in [0.29, 0.717) is 24.5 Å². The Labute approximate surface area is 180 Å². The van der Waals surface area contributed by atoms with Gasteiger partial charge in [-0.2, -0.15) is 0 Å². The van der Waals surface area contributed by atoms with Gasteiger partial charge >= 0.3 is 5.97 Å². The number of unbranched alkanes of at least 4 members (excludes halogenated alkanes) is 1. The molecule has 2 aromatic carbocycles. The Balaban J connectivity index is 1.85. The van der Waals surface area contributed by atoms with Crippen molar-refractivity contribution in [3.63, 3.8) is 0 Å². The van der Waals surface area contributed by atoms with E-state index in [1.54, 1.807) is 42.5 Å². The second-order valence-corrected chi connectivity index (χ2v) is 7.01. The standard InChI is InChI=1S/C23H22ClNO5/c1-3-5-13-30-23(28)16-7-6-8-17(14-16)25-21(26)19(20(24)22(25)27)15-9-11-18(12-10-15)29-4-2/h6-12,14H,3-5,13H2,1-2H3. The van der Waals surface area contributed by atoms with Crippen LogP contribution in [-0.2, 0) is 14.3 Å². The number of amides is 2. The van der Waals surface area contributed by atoms with Gasteiger partial charge in [-0.3, -0.25) is 9.59 Å². The number of hydrogen-bond donors (Lipinski definition) is 0. The molecule has 0 saturated heterocycles. The minimum Gasteiger partial charge on any atom is -0.494 e. The van der Waals surface area contributed by atoms with Gasteiger partial charge in [-0.1, -0.05) is 43.1 Å². The number of carbonyl (C=O) groups is 3. The van der Waals surface area contributed by atoms with Gasteiger partial charge in [0.15, 0.2) is 0 Å². The minimum absolute atomic E-state index is 0.112. The molecule has 0 bridgehead atoms. The Morgan fingerprint density at radius 1 is 1.03 bits per heavy atom. The van der Waals surface area contributed by atoms with E-state index in [-0.39, 0.29) is 21.9 Å². The Morgan fingerprint density at radius 2 is 1.77 bits per heavy atom. The van der Waals surface area contributed by atoms with Crippen LogP contribution in [0.5, 0.6) is 5.75 Å². The summed E-state index contributed by atoms with van der Waals surface area (Å²) in [5.41, 5.74) is 1.14. The molecule has 0 saturated carbocycles. The third kappa shape index (κ3) is 4.39. The molecule has 2 amide bonds. The number of hydrogen-bond acceptors (Lipinski definition) is 5. The van der Waals surface area contributed by atoms with Crippen LogP contribution in [0.4, 0.5) is 5.69 Å². The highest BCUT2D eigenvalue weighted by molar-refractivity contribution is 6.60. The van der Waals surface area contributed by atoms with Crippen molar-refractivity contribution in [2.75, 3.05) is 18.1 Å². The number of anilines is 1. The first kappa shape index (κ1) is 21.6. The number of ether oxygens (including phenoxy) is 2. The lowest BCUT2D eigenvalue weighted by atomic mass is 10.1. The topological polar surface area (TPSA) is 72.9 Å². The molecule has 0 aromatic heterocycles. The van der Waals surface area contributed by atoms with E-state index >= 15 is 0 Å². The molecule has 0 N–H and O–H groups in total. The van der Waals surface area contributed by atoms with Crippen LogP contribution < -0.4 is 9.64 Å². The number of carbonyl (C=O) groups excluding carboxylic acids is 3. The molecule has 0 radical (unpaired) electrons. The maximum Gasteiger partial charge on any atom is 0.338 e. The molecule has 1 aliphatic heterocycles. The first-order chi connectivity index (χ1) is 14.5. The van der Waals surface area contributed by atoms with Gasteiger partial charge in [0.1, 0.15) is 10.8 Å². The third-order valence-corrected chi connectivity index (χ3v) is 4.90. The van der Waals surface area contributed by atoms with Crippen LogP contribution in [-0.4, -0.2) is 31.0 Å². The lowest BCUT2D eigenvalue weighted by molar-refractivity contribution is -0.119. The van der Waals surface area contributed by atoms with Crippen molar-refractivity contribution in [1.82, 2.24) is 0 Å². The zero-order valence-electron chi connectivity index (χ0n) is 16.8. The smallest absolute Gasteiger partial charge is 0.338 e. The summed E-state index contributed by atoms with van der Waals surface area (Å²) in [6.45, 7) is 4.71. The number of esters is 1. The van der Waals surface area contributed by atoms with Crippen LogP contribution in [0.2, 0.25) is 0 Å². The van der Waals surface area contributed by atoms with Gasteiger partial charge in [0, 0.05) is 0 Å². The van der Waals surface area contributed by atoms with Gasteiger partial charge in [-0.05, 0) is 49.2 Å². The molecule has 30 heavy (non-hydrogen) atoms. The van der Waals surface area contributed by atoms with Gasteiger partial charge in [0.2, 0.25) is 0 Å². The van der Waals surface area contributed by atoms with E-state index in [1.165, 1.54) is 6.07 Å². The molecule has 1 heterocycles. The summed E-state index contributed by atoms with van der Waals surface area (Å²) in [6.07, 6.45) is 1.67. The molecular weight excluding hydrogens is 406 g/mol. The maximum atomic E-state index is 13.0. The minimum atomic E-state index is -0.637. The highest BCUT2D eigenvalue weighted by Gasteiger charge is 2.39. The number of nitrogens with zero attached hydrogens (tertiary/aromatic N) is 1. The molecule has 0 aliphatic carbocycles. The first-order valence-corrected chi connectivity index (χ1v) is 10.1.